The van der Waals surface area contributed by atoms with E-state index in [0.29, 0.717) is 6.54 Å². The van der Waals surface area contributed by atoms with Gasteiger partial charge in [-0.3, -0.25) is 9.69 Å². The predicted octanol–water partition coefficient (Wildman–Crippen LogP) is 2.86. The van der Waals surface area contributed by atoms with E-state index >= 15 is 0 Å². The summed E-state index contributed by atoms with van der Waals surface area (Å²) in [7, 11) is 1.89. The third-order valence-electron chi connectivity index (χ3n) is 4.98. The first kappa shape index (κ1) is 17.5. The van der Waals surface area contributed by atoms with Gasteiger partial charge in [0.15, 0.2) is 0 Å². The van der Waals surface area contributed by atoms with E-state index in [4.69, 9.17) is 0 Å². The van der Waals surface area contributed by atoms with Crippen LogP contribution in [-0.2, 0) is 11.3 Å². The van der Waals surface area contributed by atoms with Gasteiger partial charge in [-0.1, -0.05) is 48.5 Å². The van der Waals surface area contributed by atoms with Gasteiger partial charge in [-0.25, -0.2) is 0 Å². The number of anilines is 1. The van der Waals surface area contributed by atoms with Crippen molar-refractivity contribution in [2.45, 2.75) is 19.5 Å². The highest BCUT2D eigenvalue weighted by molar-refractivity contribution is 5.81. The fourth-order valence-corrected chi connectivity index (χ4v) is 3.42. The maximum Gasteiger partial charge on any atom is 0.239 e. The molecule has 1 saturated heterocycles. The maximum atomic E-state index is 12.8. The first-order valence-electron chi connectivity index (χ1n) is 8.98. The minimum absolute atomic E-state index is 0.0772. The van der Waals surface area contributed by atoms with Crippen molar-refractivity contribution in [3.8, 4) is 0 Å². The Labute approximate surface area is 150 Å². The third kappa shape index (κ3) is 4.40. The van der Waals surface area contributed by atoms with Crippen LogP contribution < -0.4 is 4.90 Å². The summed E-state index contributed by atoms with van der Waals surface area (Å²) in [6.45, 7) is 6.45. The molecular weight excluding hydrogens is 310 g/mol. The molecule has 0 spiro atoms. The van der Waals surface area contributed by atoms with E-state index < -0.39 is 0 Å². The Morgan fingerprint density at radius 2 is 1.52 bits per heavy atom. The fraction of sp³-hybridized carbons (Fsp3) is 0.381. The maximum absolute atomic E-state index is 12.8. The van der Waals surface area contributed by atoms with Crippen LogP contribution >= 0.6 is 0 Å². The molecule has 1 aliphatic rings. The van der Waals surface area contributed by atoms with Crippen LogP contribution in [0.15, 0.2) is 60.7 Å². The van der Waals surface area contributed by atoms with Crippen molar-refractivity contribution in [3.63, 3.8) is 0 Å². The van der Waals surface area contributed by atoms with Gasteiger partial charge in [0, 0.05) is 45.5 Å². The number of likely N-dealkylation sites (N-methyl/N-ethyl adjacent to an activating group) is 1. The zero-order chi connectivity index (χ0) is 17.6. The molecule has 0 aliphatic carbocycles. The average molecular weight is 337 g/mol. The number of para-hydroxylation sites is 1. The molecule has 1 fully saturated rings. The molecule has 2 aromatic carbocycles. The summed E-state index contributed by atoms with van der Waals surface area (Å²) in [5.74, 6) is 0.192. The fourth-order valence-electron chi connectivity index (χ4n) is 3.42. The Hall–Kier alpha value is -2.33. The molecule has 0 unspecified atom stereocenters. The summed E-state index contributed by atoms with van der Waals surface area (Å²) in [5, 5.41) is 0. The second kappa shape index (κ2) is 8.17. The second-order valence-corrected chi connectivity index (χ2v) is 6.71. The third-order valence-corrected chi connectivity index (χ3v) is 4.98. The van der Waals surface area contributed by atoms with E-state index in [1.165, 1.54) is 11.3 Å². The Bertz CT molecular complexity index is 666. The van der Waals surface area contributed by atoms with Crippen LogP contribution in [0, 0.1) is 0 Å². The van der Waals surface area contributed by atoms with Crippen molar-refractivity contribution in [2.24, 2.45) is 0 Å². The zero-order valence-electron chi connectivity index (χ0n) is 15.1. The summed E-state index contributed by atoms with van der Waals surface area (Å²) in [4.78, 5) is 19.3. The molecule has 0 N–H and O–H groups in total. The molecule has 1 amide bonds. The molecule has 0 aromatic heterocycles. The van der Waals surface area contributed by atoms with E-state index in [9.17, 15) is 4.79 Å². The smallest absolute Gasteiger partial charge is 0.239 e. The van der Waals surface area contributed by atoms with Crippen molar-refractivity contribution in [3.05, 3.63) is 66.2 Å². The Morgan fingerprint density at radius 3 is 2.12 bits per heavy atom. The summed E-state index contributed by atoms with van der Waals surface area (Å²) in [5.41, 5.74) is 2.43. The molecule has 2 aromatic rings. The number of nitrogens with zero attached hydrogens (tertiary/aromatic N) is 3. The van der Waals surface area contributed by atoms with Crippen LogP contribution in [0.25, 0.3) is 0 Å². The number of carbonyl (C=O) groups excluding carboxylic acids is 1. The number of carbonyl (C=O) groups is 1. The molecule has 1 heterocycles. The molecule has 0 saturated carbocycles. The first-order valence-corrected chi connectivity index (χ1v) is 8.98. The van der Waals surface area contributed by atoms with E-state index in [1.807, 2.05) is 43.1 Å². The number of hydrogen-bond donors (Lipinski definition) is 0. The lowest BCUT2D eigenvalue weighted by Gasteiger charge is -2.39. The minimum Gasteiger partial charge on any atom is -0.369 e. The topological polar surface area (TPSA) is 26.8 Å². The summed E-state index contributed by atoms with van der Waals surface area (Å²) in [6, 6.07) is 20.6. The monoisotopic (exact) mass is 337 g/mol. The normalized spacial score (nSPS) is 16.5. The van der Waals surface area contributed by atoms with Crippen molar-refractivity contribution >= 4 is 11.6 Å². The van der Waals surface area contributed by atoms with Crippen LogP contribution in [0.1, 0.15) is 12.5 Å². The lowest BCUT2D eigenvalue weighted by molar-refractivity contribution is -0.135. The SMILES string of the molecule is C[C@H](C(=O)N(C)Cc1ccccc1)N1CCN(c2ccccc2)CC1. The summed E-state index contributed by atoms with van der Waals surface area (Å²) in [6.07, 6.45) is 0. The molecule has 1 aliphatic heterocycles. The van der Waals surface area contributed by atoms with Crippen LogP contribution in [0.2, 0.25) is 0 Å². The van der Waals surface area contributed by atoms with Gasteiger partial charge in [-0.15, -0.1) is 0 Å². The van der Waals surface area contributed by atoms with E-state index in [-0.39, 0.29) is 11.9 Å². The average Bonchev–Trinajstić information content (AvgIpc) is 2.68. The Balaban J connectivity index is 1.53. The van der Waals surface area contributed by atoms with Crippen molar-refractivity contribution < 1.29 is 4.79 Å². The second-order valence-electron chi connectivity index (χ2n) is 6.71. The number of benzene rings is 2. The van der Waals surface area contributed by atoms with Crippen molar-refractivity contribution in [1.29, 1.82) is 0 Å². The van der Waals surface area contributed by atoms with Crippen LogP contribution in [0.4, 0.5) is 5.69 Å². The predicted molar refractivity (Wildman–Crippen MR) is 103 cm³/mol. The molecule has 25 heavy (non-hydrogen) atoms. The van der Waals surface area contributed by atoms with E-state index in [2.05, 4.69) is 46.2 Å². The van der Waals surface area contributed by atoms with Gasteiger partial charge in [0.1, 0.15) is 0 Å². The number of rotatable bonds is 5. The van der Waals surface area contributed by atoms with E-state index in [1.54, 1.807) is 0 Å². The number of amides is 1. The summed E-state index contributed by atoms with van der Waals surface area (Å²) < 4.78 is 0. The van der Waals surface area contributed by atoms with Gasteiger partial charge >= 0.3 is 0 Å². The standard InChI is InChI=1S/C21H27N3O/c1-18(21(25)22(2)17-19-9-5-3-6-10-19)23-13-15-24(16-14-23)20-11-7-4-8-12-20/h3-12,18H,13-17H2,1-2H3/t18-/m1/s1. The molecule has 132 valence electrons. The molecular formula is C21H27N3O. The molecule has 0 bridgehead atoms. The number of piperazine rings is 1. The lowest BCUT2D eigenvalue weighted by atomic mass is 10.1. The molecule has 1 atom stereocenters. The highest BCUT2D eigenvalue weighted by Gasteiger charge is 2.27. The largest absolute Gasteiger partial charge is 0.369 e. The minimum atomic E-state index is -0.0772. The van der Waals surface area contributed by atoms with Crippen LogP contribution in [-0.4, -0.2) is 55.0 Å². The molecule has 4 heteroatoms. The first-order chi connectivity index (χ1) is 12.1. The zero-order valence-corrected chi connectivity index (χ0v) is 15.1. The van der Waals surface area contributed by atoms with Gasteiger partial charge in [0.05, 0.1) is 6.04 Å². The summed E-state index contributed by atoms with van der Waals surface area (Å²) >= 11 is 0. The highest BCUT2D eigenvalue weighted by atomic mass is 16.2. The molecule has 0 radical (unpaired) electrons. The van der Waals surface area contributed by atoms with Crippen molar-refractivity contribution in [1.82, 2.24) is 9.80 Å². The lowest BCUT2D eigenvalue weighted by Crippen LogP contribution is -2.54. The number of hydrogen-bond acceptors (Lipinski definition) is 3. The van der Waals surface area contributed by atoms with Crippen LogP contribution in [0.5, 0.6) is 0 Å². The molecule has 4 nitrogen and oxygen atoms in total. The van der Waals surface area contributed by atoms with Crippen LogP contribution in [0.3, 0.4) is 0 Å². The Morgan fingerprint density at radius 1 is 0.960 bits per heavy atom. The van der Waals surface area contributed by atoms with Crippen molar-refractivity contribution in [2.75, 3.05) is 38.1 Å². The quantitative estimate of drug-likeness (QED) is 0.839. The molecule has 3 rings (SSSR count). The van der Waals surface area contributed by atoms with E-state index in [0.717, 1.165) is 26.2 Å². The Kier molecular flexibility index (Phi) is 5.71. The van der Waals surface area contributed by atoms with Gasteiger partial charge in [0.2, 0.25) is 5.91 Å². The van der Waals surface area contributed by atoms with Gasteiger partial charge in [-0.05, 0) is 24.6 Å². The van der Waals surface area contributed by atoms with Gasteiger partial charge in [0.25, 0.3) is 0 Å². The van der Waals surface area contributed by atoms with Gasteiger partial charge in [-0.2, -0.15) is 0 Å². The van der Waals surface area contributed by atoms with Gasteiger partial charge < -0.3 is 9.80 Å². The highest BCUT2D eigenvalue weighted by Crippen LogP contribution is 2.17.